The molecule has 0 radical (unpaired) electrons. The maximum atomic E-state index is 11.0. The predicted octanol–water partition coefficient (Wildman–Crippen LogP) is 2.64. The molecule has 0 N–H and O–H groups in total. The van der Waals surface area contributed by atoms with E-state index in [9.17, 15) is 4.79 Å². The van der Waals surface area contributed by atoms with Gasteiger partial charge in [-0.2, -0.15) is 0 Å². The van der Waals surface area contributed by atoms with E-state index in [1.165, 1.54) is 0 Å². The monoisotopic (exact) mass is 255 g/mol. The van der Waals surface area contributed by atoms with E-state index in [4.69, 9.17) is 21.2 Å². The first-order valence-electron chi connectivity index (χ1n) is 5.21. The molecule has 1 rings (SSSR count). The van der Waals surface area contributed by atoms with Crippen LogP contribution in [-0.2, 0) is 14.4 Å². The highest BCUT2D eigenvalue weighted by molar-refractivity contribution is 6.30. The van der Waals surface area contributed by atoms with Crippen LogP contribution in [0.5, 0.6) is 0 Å². The Morgan fingerprint density at radius 1 is 1.35 bits per heavy atom. The molecule has 0 aliphatic rings. The minimum Gasteiger partial charge on any atom is -0.463 e. The highest BCUT2D eigenvalue weighted by Crippen LogP contribution is 2.10. The number of nitrogens with zero attached hydrogens (tertiary/aromatic N) is 1. The second-order valence-corrected chi connectivity index (χ2v) is 3.70. The Morgan fingerprint density at radius 3 is 2.59 bits per heavy atom. The fourth-order valence-corrected chi connectivity index (χ4v) is 1.25. The van der Waals surface area contributed by atoms with Gasteiger partial charge in [0.25, 0.3) is 0 Å². The van der Waals surface area contributed by atoms with Gasteiger partial charge < -0.3 is 9.57 Å². The molecule has 0 fully saturated rings. The number of hydrogen-bond acceptors (Lipinski definition) is 4. The van der Waals surface area contributed by atoms with E-state index in [0.717, 1.165) is 5.56 Å². The van der Waals surface area contributed by atoms with Crippen LogP contribution in [0.1, 0.15) is 19.4 Å². The van der Waals surface area contributed by atoms with Crippen LogP contribution in [-0.4, -0.2) is 24.9 Å². The van der Waals surface area contributed by atoms with Crippen molar-refractivity contribution in [1.82, 2.24) is 0 Å². The molecule has 0 atom stereocenters. The maximum absolute atomic E-state index is 11.0. The van der Waals surface area contributed by atoms with Gasteiger partial charge in [0.2, 0.25) is 6.61 Å². The van der Waals surface area contributed by atoms with E-state index in [1.54, 1.807) is 26.0 Å². The molecule has 0 spiro atoms. The molecule has 92 valence electrons. The normalized spacial score (nSPS) is 11.1. The lowest BCUT2D eigenvalue weighted by Crippen LogP contribution is -2.11. The van der Waals surface area contributed by atoms with Crippen LogP contribution in [0, 0.1) is 0 Å². The molecule has 5 heteroatoms. The summed E-state index contributed by atoms with van der Waals surface area (Å²) in [5.74, 6) is -0.430. The molecule has 1 aromatic rings. The molecule has 0 aliphatic heterocycles. The minimum atomic E-state index is -0.430. The Morgan fingerprint density at radius 2 is 2.00 bits per heavy atom. The van der Waals surface area contributed by atoms with Gasteiger partial charge in [0.05, 0.1) is 12.3 Å². The Balaban J connectivity index is 2.49. The predicted molar refractivity (Wildman–Crippen MR) is 66.2 cm³/mol. The van der Waals surface area contributed by atoms with Gasteiger partial charge in [0, 0.05) is 5.02 Å². The minimum absolute atomic E-state index is 0.182. The van der Waals surface area contributed by atoms with Gasteiger partial charge in [0.1, 0.15) is 0 Å². The SMILES string of the molecule is CCOC(=O)CO/N=C(\C)c1ccc(Cl)cc1. The van der Waals surface area contributed by atoms with Gasteiger partial charge in [0.15, 0.2) is 0 Å². The molecular weight excluding hydrogens is 242 g/mol. The Kier molecular flexibility index (Phi) is 5.49. The summed E-state index contributed by atoms with van der Waals surface area (Å²) in [6.45, 7) is 3.68. The number of benzene rings is 1. The van der Waals surface area contributed by atoms with Gasteiger partial charge in [-0.15, -0.1) is 0 Å². The van der Waals surface area contributed by atoms with Gasteiger partial charge in [-0.25, -0.2) is 4.79 Å². The molecule has 1 aromatic carbocycles. The largest absolute Gasteiger partial charge is 0.463 e. The molecule has 0 aliphatic carbocycles. The summed E-state index contributed by atoms with van der Waals surface area (Å²) < 4.78 is 4.69. The second kappa shape index (κ2) is 6.91. The molecule has 0 saturated heterocycles. The smallest absolute Gasteiger partial charge is 0.347 e. The van der Waals surface area contributed by atoms with Crippen molar-refractivity contribution < 1.29 is 14.4 Å². The molecule has 0 heterocycles. The Bertz CT molecular complexity index is 401. The Hall–Kier alpha value is -1.55. The van der Waals surface area contributed by atoms with E-state index < -0.39 is 5.97 Å². The van der Waals surface area contributed by atoms with Crippen molar-refractivity contribution in [2.24, 2.45) is 5.16 Å². The van der Waals surface area contributed by atoms with Crippen molar-refractivity contribution in [3.8, 4) is 0 Å². The summed E-state index contributed by atoms with van der Waals surface area (Å²) >= 11 is 5.76. The molecule has 4 nitrogen and oxygen atoms in total. The maximum Gasteiger partial charge on any atom is 0.347 e. The third-order valence-corrected chi connectivity index (χ3v) is 2.20. The topological polar surface area (TPSA) is 47.9 Å². The van der Waals surface area contributed by atoms with Gasteiger partial charge in [-0.3, -0.25) is 0 Å². The molecule has 17 heavy (non-hydrogen) atoms. The first-order valence-corrected chi connectivity index (χ1v) is 5.59. The average molecular weight is 256 g/mol. The number of carbonyl (C=O) groups is 1. The zero-order valence-corrected chi connectivity index (χ0v) is 10.5. The Labute approximate surface area is 105 Å². The number of oxime groups is 1. The standard InChI is InChI=1S/C12H14ClNO3/c1-3-16-12(15)8-17-14-9(2)10-4-6-11(13)7-5-10/h4-7H,3,8H2,1-2H3/b14-9+. The van der Waals surface area contributed by atoms with E-state index in [1.807, 2.05) is 12.1 Å². The fourth-order valence-electron chi connectivity index (χ4n) is 1.13. The van der Waals surface area contributed by atoms with Crippen LogP contribution < -0.4 is 0 Å². The third kappa shape index (κ3) is 4.87. The summed E-state index contributed by atoms with van der Waals surface area (Å²) in [5.41, 5.74) is 1.56. The number of hydrogen-bond donors (Lipinski definition) is 0. The van der Waals surface area contributed by atoms with E-state index in [-0.39, 0.29) is 6.61 Å². The first-order chi connectivity index (χ1) is 8.13. The van der Waals surface area contributed by atoms with Crippen molar-refractivity contribution in [2.45, 2.75) is 13.8 Å². The molecule has 0 aromatic heterocycles. The average Bonchev–Trinajstić information content (AvgIpc) is 2.30. The number of rotatable bonds is 5. The number of carbonyl (C=O) groups excluding carboxylic acids is 1. The molecule has 0 unspecified atom stereocenters. The van der Waals surface area contributed by atoms with Crippen LogP contribution in [0.15, 0.2) is 29.4 Å². The quantitative estimate of drug-likeness (QED) is 0.462. The van der Waals surface area contributed by atoms with Crippen LogP contribution in [0.4, 0.5) is 0 Å². The van der Waals surface area contributed by atoms with Crippen LogP contribution >= 0.6 is 11.6 Å². The highest BCUT2D eigenvalue weighted by Gasteiger charge is 2.02. The molecule has 0 bridgehead atoms. The lowest BCUT2D eigenvalue weighted by molar-refractivity contribution is -0.148. The fraction of sp³-hybridized carbons (Fsp3) is 0.333. The summed E-state index contributed by atoms with van der Waals surface area (Å²) in [6, 6.07) is 7.19. The number of esters is 1. The van der Waals surface area contributed by atoms with E-state index in [2.05, 4.69) is 5.16 Å². The summed E-state index contributed by atoms with van der Waals surface area (Å²) in [4.78, 5) is 15.8. The summed E-state index contributed by atoms with van der Waals surface area (Å²) in [7, 11) is 0. The molecular formula is C12H14ClNO3. The number of halogens is 1. The van der Waals surface area contributed by atoms with Gasteiger partial charge in [-0.05, 0) is 31.5 Å². The van der Waals surface area contributed by atoms with Crippen molar-refractivity contribution in [3.63, 3.8) is 0 Å². The van der Waals surface area contributed by atoms with E-state index >= 15 is 0 Å². The van der Waals surface area contributed by atoms with Crippen LogP contribution in [0.3, 0.4) is 0 Å². The van der Waals surface area contributed by atoms with Crippen LogP contribution in [0.25, 0.3) is 0 Å². The van der Waals surface area contributed by atoms with Crippen molar-refractivity contribution in [3.05, 3.63) is 34.9 Å². The van der Waals surface area contributed by atoms with E-state index in [0.29, 0.717) is 17.3 Å². The zero-order chi connectivity index (χ0) is 12.7. The third-order valence-electron chi connectivity index (χ3n) is 1.95. The summed E-state index contributed by atoms with van der Waals surface area (Å²) in [6.07, 6.45) is 0. The van der Waals surface area contributed by atoms with Crippen LogP contribution in [0.2, 0.25) is 5.02 Å². The summed E-state index contributed by atoms with van der Waals surface area (Å²) in [5, 5.41) is 4.48. The lowest BCUT2D eigenvalue weighted by atomic mass is 10.1. The van der Waals surface area contributed by atoms with Gasteiger partial charge in [-0.1, -0.05) is 28.9 Å². The first kappa shape index (κ1) is 13.5. The number of ether oxygens (including phenoxy) is 1. The zero-order valence-electron chi connectivity index (χ0n) is 9.77. The van der Waals surface area contributed by atoms with Crippen molar-refractivity contribution in [2.75, 3.05) is 13.2 Å². The molecule has 0 saturated carbocycles. The lowest BCUT2D eigenvalue weighted by Gasteiger charge is -2.02. The highest BCUT2D eigenvalue weighted by atomic mass is 35.5. The van der Waals surface area contributed by atoms with Crippen molar-refractivity contribution >= 4 is 23.3 Å². The molecule has 0 amide bonds. The van der Waals surface area contributed by atoms with Gasteiger partial charge >= 0.3 is 5.97 Å². The van der Waals surface area contributed by atoms with Crippen molar-refractivity contribution in [1.29, 1.82) is 0 Å². The second-order valence-electron chi connectivity index (χ2n) is 3.26.